The van der Waals surface area contributed by atoms with Crippen molar-refractivity contribution in [3.05, 3.63) is 30.0 Å². The fourth-order valence-corrected chi connectivity index (χ4v) is 3.08. The molecule has 1 atom stereocenters. The number of aryl methyl sites for hydroxylation is 1. The van der Waals surface area contributed by atoms with Crippen molar-refractivity contribution in [3.8, 4) is 0 Å². The van der Waals surface area contributed by atoms with Crippen LogP contribution >= 0.6 is 11.8 Å². The van der Waals surface area contributed by atoms with E-state index >= 15 is 0 Å². The highest BCUT2D eigenvalue weighted by atomic mass is 32.2. The van der Waals surface area contributed by atoms with E-state index in [2.05, 4.69) is 31.1 Å². The van der Waals surface area contributed by atoms with E-state index in [1.165, 1.54) is 5.39 Å². The smallest absolute Gasteiger partial charge is 0.0729 e. The molecule has 1 heterocycles. The molecule has 3 nitrogen and oxygen atoms in total. The van der Waals surface area contributed by atoms with E-state index in [4.69, 9.17) is 0 Å². The normalized spacial score (nSPS) is 13.0. The second-order valence-electron chi connectivity index (χ2n) is 4.71. The van der Waals surface area contributed by atoms with Gasteiger partial charge in [-0.3, -0.25) is 4.68 Å². The minimum Gasteiger partial charge on any atom is -0.392 e. The molecule has 19 heavy (non-hydrogen) atoms. The van der Waals surface area contributed by atoms with Crippen LogP contribution in [0.5, 0.6) is 0 Å². The molecule has 0 amide bonds. The third-order valence-electron chi connectivity index (χ3n) is 3.12. The van der Waals surface area contributed by atoms with Crippen LogP contribution in [0.1, 0.15) is 26.0 Å². The lowest BCUT2D eigenvalue weighted by atomic mass is 10.1. The van der Waals surface area contributed by atoms with Crippen molar-refractivity contribution in [2.45, 2.75) is 39.3 Å². The van der Waals surface area contributed by atoms with Gasteiger partial charge >= 0.3 is 0 Å². The quantitative estimate of drug-likeness (QED) is 0.791. The molecular weight excluding hydrogens is 256 g/mol. The Bertz CT molecular complexity index is 524. The van der Waals surface area contributed by atoms with Crippen LogP contribution in [-0.4, -0.2) is 32.5 Å². The van der Waals surface area contributed by atoms with Gasteiger partial charge in [0.15, 0.2) is 0 Å². The summed E-state index contributed by atoms with van der Waals surface area (Å²) in [6, 6.07) is 8.25. The van der Waals surface area contributed by atoms with Gasteiger partial charge in [0, 0.05) is 24.1 Å². The Morgan fingerprint density at radius 3 is 2.84 bits per heavy atom. The number of benzene rings is 1. The Balaban J connectivity index is 2.12. The van der Waals surface area contributed by atoms with Crippen LogP contribution in [0, 0.1) is 0 Å². The van der Waals surface area contributed by atoms with Crippen molar-refractivity contribution in [1.82, 2.24) is 9.78 Å². The molecule has 0 spiro atoms. The summed E-state index contributed by atoms with van der Waals surface area (Å²) >= 11 is 1.81. The largest absolute Gasteiger partial charge is 0.392 e. The van der Waals surface area contributed by atoms with Gasteiger partial charge in [0.1, 0.15) is 0 Å². The van der Waals surface area contributed by atoms with Crippen LogP contribution in [0.25, 0.3) is 10.9 Å². The number of aliphatic hydroxyl groups excluding tert-OH is 1. The summed E-state index contributed by atoms with van der Waals surface area (Å²) in [5.74, 6) is 1.91. The summed E-state index contributed by atoms with van der Waals surface area (Å²) < 4.78 is 2.01. The molecule has 2 aromatic rings. The lowest BCUT2D eigenvalue weighted by Gasteiger charge is -2.08. The number of thioether (sulfide) groups is 1. The van der Waals surface area contributed by atoms with E-state index in [9.17, 15) is 5.11 Å². The molecule has 1 aromatic carbocycles. The van der Waals surface area contributed by atoms with Gasteiger partial charge in [-0.1, -0.05) is 25.1 Å². The highest BCUT2D eigenvalue weighted by molar-refractivity contribution is 7.99. The molecular formula is C15H22N2OS. The number of hydrogen-bond acceptors (Lipinski definition) is 3. The second-order valence-corrected chi connectivity index (χ2v) is 5.86. The van der Waals surface area contributed by atoms with Crippen molar-refractivity contribution in [2.75, 3.05) is 11.5 Å². The molecule has 0 aliphatic rings. The molecule has 0 aliphatic heterocycles. The van der Waals surface area contributed by atoms with Gasteiger partial charge in [-0.25, -0.2) is 0 Å². The third-order valence-corrected chi connectivity index (χ3v) is 4.44. The summed E-state index contributed by atoms with van der Waals surface area (Å²) in [5.41, 5.74) is 2.18. The second kappa shape index (κ2) is 6.96. The molecule has 2 rings (SSSR count). The minimum atomic E-state index is -0.305. The molecule has 1 N–H and O–H groups in total. The fourth-order valence-electron chi connectivity index (χ4n) is 2.23. The Hall–Kier alpha value is -1.00. The first-order valence-corrected chi connectivity index (χ1v) is 8.12. The van der Waals surface area contributed by atoms with E-state index < -0.39 is 0 Å². The zero-order valence-electron chi connectivity index (χ0n) is 11.7. The molecule has 104 valence electrons. The van der Waals surface area contributed by atoms with Gasteiger partial charge in [-0.05, 0) is 25.2 Å². The lowest BCUT2D eigenvalue weighted by Crippen LogP contribution is -2.14. The first-order valence-electron chi connectivity index (χ1n) is 6.96. The molecule has 1 aromatic heterocycles. The summed E-state index contributed by atoms with van der Waals surface area (Å²) in [6.45, 7) is 5.12. The Kier molecular flexibility index (Phi) is 5.28. The van der Waals surface area contributed by atoms with Crippen molar-refractivity contribution in [2.24, 2.45) is 0 Å². The Labute approximate surface area is 119 Å². The average molecular weight is 278 g/mol. The zero-order valence-corrected chi connectivity index (χ0v) is 12.5. The van der Waals surface area contributed by atoms with Crippen LogP contribution < -0.4 is 0 Å². The number of hydrogen-bond donors (Lipinski definition) is 1. The third kappa shape index (κ3) is 3.51. The van der Waals surface area contributed by atoms with Gasteiger partial charge < -0.3 is 5.11 Å². The Morgan fingerprint density at radius 2 is 2.11 bits per heavy atom. The van der Waals surface area contributed by atoms with Crippen molar-refractivity contribution in [1.29, 1.82) is 0 Å². The van der Waals surface area contributed by atoms with Crippen molar-refractivity contribution < 1.29 is 5.11 Å². The number of nitrogens with zero attached hydrogens (tertiary/aromatic N) is 2. The monoisotopic (exact) mass is 278 g/mol. The maximum Gasteiger partial charge on any atom is 0.0729 e. The van der Waals surface area contributed by atoms with E-state index in [1.807, 2.05) is 28.6 Å². The summed E-state index contributed by atoms with van der Waals surface area (Å²) in [5, 5.41) is 15.9. The molecule has 0 radical (unpaired) electrons. The molecule has 0 bridgehead atoms. The molecule has 1 unspecified atom stereocenters. The van der Waals surface area contributed by atoms with Crippen LogP contribution in [-0.2, 0) is 13.0 Å². The lowest BCUT2D eigenvalue weighted by molar-refractivity contribution is 0.199. The Morgan fingerprint density at radius 1 is 1.32 bits per heavy atom. The minimum absolute atomic E-state index is 0.305. The first-order chi connectivity index (χ1) is 9.26. The fraction of sp³-hybridized carbons (Fsp3) is 0.533. The van der Waals surface area contributed by atoms with Crippen molar-refractivity contribution >= 4 is 22.7 Å². The van der Waals surface area contributed by atoms with Crippen LogP contribution in [0.15, 0.2) is 24.3 Å². The van der Waals surface area contributed by atoms with Crippen molar-refractivity contribution in [3.63, 3.8) is 0 Å². The zero-order chi connectivity index (χ0) is 13.7. The maximum atomic E-state index is 10.1. The topological polar surface area (TPSA) is 38.1 Å². The number of para-hydroxylation sites is 1. The standard InChI is InChI=1S/C15H22N2OS/c1-3-9-19-11-12(18)10-14-13-7-5-6-8-15(13)17(4-2)16-14/h5-8,12,18H,3-4,9-11H2,1-2H3. The number of aromatic nitrogens is 2. The highest BCUT2D eigenvalue weighted by Crippen LogP contribution is 2.20. The summed E-state index contributed by atoms with van der Waals surface area (Å²) in [7, 11) is 0. The molecule has 0 saturated heterocycles. The maximum absolute atomic E-state index is 10.1. The van der Waals surface area contributed by atoms with Crippen LogP contribution in [0.2, 0.25) is 0 Å². The van der Waals surface area contributed by atoms with Crippen LogP contribution in [0.4, 0.5) is 0 Å². The van der Waals surface area contributed by atoms with Gasteiger partial charge in [0.05, 0.1) is 17.3 Å². The van der Waals surface area contributed by atoms with E-state index in [1.54, 1.807) is 0 Å². The predicted octanol–water partition coefficient (Wildman–Crippen LogP) is 3.10. The SMILES string of the molecule is CCCSCC(O)Cc1nn(CC)c2ccccc12. The van der Waals surface area contributed by atoms with E-state index in [0.29, 0.717) is 6.42 Å². The molecule has 0 fully saturated rings. The van der Waals surface area contributed by atoms with E-state index in [0.717, 1.165) is 35.7 Å². The van der Waals surface area contributed by atoms with Gasteiger partial charge in [0.2, 0.25) is 0 Å². The number of aliphatic hydroxyl groups is 1. The summed E-state index contributed by atoms with van der Waals surface area (Å²) in [6.07, 6.45) is 1.50. The molecule has 4 heteroatoms. The predicted molar refractivity (Wildman–Crippen MR) is 82.7 cm³/mol. The van der Waals surface area contributed by atoms with Gasteiger partial charge in [-0.2, -0.15) is 16.9 Å². The van der Waals surface area contributed by atoms with Gasteiger partial charge in [0.25, 0.3) is 0 Å². The average Bonchev–Trinajstić information content (AvgIpc) is 2.77. The summed E-state index contributed by atoms with van der Waals surface area (Å²) in [4.78, 5) is 0. The number of rotatable bonds is 7. The van der Waals surface area contributed by atoms with Gasteiger partial charge in [-0.15, -0.1) is 0 Å². The van der Waals surface area contributed by atoms with Crippen LogP contribution in [0.3, 0.4) is 0 Å². The highest BCUT2D eigenvalue weighted by Gasteiger charge is 2.13. The number of fused-ring (bicyclic) bond motifs is 1. The first kappa shape index (κ1) is 14.4. The molecule has 0 saturated carbocycles. The molecule has 0 aliphatic carbocycles. The van der Waals surface area contributed by atoms with E-state index in [-0.39, 0.29) is 6.10 Å².